The maximum atomic E-state index is 11.4. The molecule has 0 unspecified atom stereocenters. The molecule has 13 heavy (non-hydrogen) atoms. The average Bonchev–Trinajstić information content (AvgIpc) is 2.04. The van der Waals surface area contributed by atoms with Gasteiger partial charge in [-0.05, 0) is 49.1 Å². The van der Waals surface area contributed by atoms with E-state index in [0.29, 0.717) is 5.92 Å². The zero-order valence-electron chi connectivity index (χ0n) is 8.77. The summed E-state index contributed by atoms with van der Waals surface area (Å²) in [5, 5.41) is -0.116. The van der Waals surface area contributed by atoms with Crippen molar-refractivity contribution in [2.45, 2.75) is 46.5 Å². The summed E-state index contributed by atoms with van der Waals surface area (Å²) in [6, 6.07) is 0. The Labute approximate surface area is 85.8 Å². The van der Waals surface area contributed by atoms with Crippen LogP contribution in [-0.4, -0.2) is 5.24 Å². The molecule has 0 amide bonds. The first-order valence-corrected chi connectivity index (χ1v) is 5.57. The van der Waals surface area contributed by atoms with Gasteiger partial charge in [0.25, 0.3) is 0 Å². The lowest BCUT2D eigenvalue weighted by molar-refractivity contribution is -0.125. The van der Waals surface area contributed by atoms with Crippen LogP contribution in [0.1, 0.15) is 46.5 Å². The molecule has 0 aromatic heterocycles. The largest absolute Gasteiger partial charge is 0.281 e. The molecule has 0 aromatic carbocycles. The smallest absolute Gasteiger partial charge is 0.228 e. The van der Waals surface area contributed by atoms with Gasteiger partial charge in [0.1, 0.15) is 0 Å². The molecule has 0 N–H and O–H groups in total. The summed E-state index contributed by atoms with van der Waals surface area (Å²) in [5.41, 5.74) is -0.214. The fraction of sp³-hybridized carbons (Fsp3) is 0.909. The molecule has 2 heteroatoms. The van der Waals surface area contributed by atoms with Gasteiger partial charge in [-0.15, -0.1) is 0 Å². The summed E-state index contributed by atoms with van der Waals surface area (Å²) in [7, 11) is 0. The predicted octanol–water partition coefficient (Wildman–Crippen LogP) is 3.60. The number of rotatable bonds is 2. The molecule has 0 heterocycles. The first kappa shape index (κ1) is 11.0. The summed E-state index contributed by atoms with van der Waals surface area (Å²) in [6.07, 6.45) is 4.26. The highest BCUT2D eigenvalue weighted by atomic mass is 35.5. The van der Waals surface area contributed by atoms with Gasteiger partial charge in [0.15, 0.2) is 0 Å². The van der Waals surface area contributed by atoms with Gasteiger partial charge in [-0.2, -0.15) is 0 Å². The molecule has 1 saturated carbocycles. The van der Waals surface area contributed by atoms with E-state index in [2.05, 4.69) is 20.8 Å². The SMILES string of the molecule is CC1CCC(C(=O)Cl)(C(C)C)CC1. The van der Waals surface area contributed by atoms with E-state index in [1.807, 2.05) is 0 Å². The molecule has 1 aliphatic carbocycles. The van der Waals surface area contributed by atoms with Crippen LogP contribution < -0.4 is 0 Å². The fourth-order valence-electron chi connectivity index (χ4n) is 2.28. The number of hydrogen-bond donors (Lipinski definition) is 0. The van der Waals surface area contributed by atoms with Crippen LogP contribution in [0.5, 0.6) is 0 Å². The Balaban J connectivity index is 2.75. The van der Waals surface area contributed by atoms with Gasteiger partial charge in [0.05, 0.1) is 0 Å². The molecule has 1 aliphatic rings. The first-order chi connectivity index (χ1) is 5.99. The normalized spacial score (nSPS) is 35.0. The molecular formula is C11H19ClO. The monoisotopic (exact) mass is 202 g/mol. The van der Waals surface area contributed by atoms with E-state index in [0.717, 1.165) is 31.6 Å². The van der Waals surface area contributed by atoms with Crippen LogP contribution in [0.15, 0.2) is 0 Å². The molecule has 0 spiro atoms. The summed E-state index contributed by atoms with van der Waals surface area (Å²) in [6.45, 7) is 6.47. The first-order valence-electron chi connectivity index (χ1n) is 5.19. The highest BCUT2D eigenvalue weighted by Gasteiger charge is 2.42. The highest BCUT2D eigenvalue weighted by molar-refractivity contribution is 6.64. The zero-order valence-corrected chi connectivity index (χ0v) is 9.53. The Hall–Kier alpha value is -0.0400. The zero-order chi connectivity index (χ0) is 10.1. The number of carbonyl (C=O) groups excluding carboxylic acids is 1. The van der Waals surface area contributed by atoms with Crippen molar-refractivity contribution in [2.75, 3.05) is 0 Å². The van der Waals surface area contributed by atoms with Crippen LogP contribution >= 0.6 is 11.6 Å². The van der Waals surface area contributed by atoms with Crippen molar-refractivity contribution in [3.63, 3.8) is 0 Å². The van der Waals surface area contributed by atoms with Gasteiger partial charge in [-0.1, -0.05) is 20.8 Å². The van der Waals surface area contributed by atoms with Crippen LogP contribution in [-0.2, 0) is 4.79 Å². The van der Waals surface area contributed by atoms with Gasteiger partial charge in [-0.25, -0.2) is 0 Å². The lowest BCUT2D eigenvalue weighted by Crippen LogP contribution is -2.37. The molecule has 1 fully saturated rings. The van der Waals surface area contributed by atoms with Gasteiger partial charge in [0, 0.05) is 5.41 Å². The topological polar surface area (TPSA) is 17.1 Å². The van der Waals surface area contributed by atoms with E-state index in [1.54, 1.807) is 0 Å². The minimum absolute atomic E-state index is 0.116. The molecule has 0 saturated heterocycles. The van der Waals surface area contributed by atoms with Crippen molar-refractivity contribution in [3.05, 3.63) is 0 Å². The van der Waals surface area contributed by atoms with Crippen LogP contribution in [0.3, 0.4) is 0 Å². The second-order valence-electron chi connectivity index (χ2n) is 4.77. The molecule has 0 aliphatic heterocycles. The molecule has 1 nitrogen and oxygen atoms in total. The Morgan fingerprint density at radius 2 is 1.85 bits per heavy atom. The Morgan fingerprint density at radius 3 is 2.15 bits per heavy atom. The van der Waals surface area contributed by atoms with E-state index in [9.17, 15) is 4.79 Å². The van der Waals surface area contributed by atoms with Crippen molar-refractivity contribution in [2.24, 2.45) is 17.3 Å². The van der Waals surface area contributed by atoms with Gasteiger partial charge in [0.2, 0.25) is 5.24 Å². The van der Waals surface area contributed by atoms with Crippen LogP contribution in [0, 0.1) is 17.3 Å². The van der Waals surface area contributed by atoms with Crippen LogP contribution in [0.25, 0.3) is 0 Å². The predicted molar refractivity (Wildman–Crippen MR) is 55.8 cm³/mol. The lowest BCUT2D eigenvalue weighted by atomic mass is 9.65. The van der Waals surface area contributed by atoms with Gasteiger partial charge >= 0.3 is 0 Å². The Morgan fingerprint density at radius 1 is 1.38 bits per heavy atom. The van der Waals surface area contributed by atoms with Gasteiger partial charge < -0.3 is 0 Å². The maximum absolute atomic E-state index is 11.4. The van der Waals surface area contributed by atoms with Crippen LogP contribution in [0.4, 0.5) is 0 Å². The number of hydrogen-bond acceptors (Lipinski definition) is 1. The van der Waals surface area contributed by atoms with Crippen molar-refractivity contribution in [1.29, 1.82) is 0 Å². The van der Waals surface area contributed by atoms with Crippen molar-refractivity contribution in [1.82, 2.24) is 0 Å². The van der Waals surface area contributed by atoms with Crippen molar-refractivity contribution in [3.8, 4) is 0 Å². The molecule has 76 valence electrons. The Kier molecular flexibility index (Phi) is 3.39. The minimum Gasteiger partial charge on any atom is -0.281 e. The van der Waals surface area contributed by atoms with E-state index in [4.69, 9.17) is 11.6 Å². The second-order valence-corrected chi connectivity index (χ2v) is 5.11. The number of halogens is 1. The molecule has 0 atom stereocenters. The third-order valence-corrected chi connectivity index (χ3v) is 4.04. The molecule has 1 rings (SSSR count). The highest BCUT2D eigenvalue weighted by Crippen LogP contribution is 2.45. The molecule has 0 bridgehead atoms. The quantitative estimate of drug-likeness (QED) is 0.626. The third kappa shape index (κ3) is 2.07. The summed E-state index contributed by atoms with van der Waals surface area (Å²) in [5.74, 6) is 1.15. The van der Waals surface area contributed by atoms with Gasteiger partial charge in [-0.3, -0.25) is 4.79 Å². The summed E-state index contributed by atoms with van der Waals surface area (Å²) >= 11 is 5.72. The fourth-order valence-corrected chi connectivity index (χ4v) is 2.69. The second kappa shape index (κ2) is 4.00. The minimum atomic E-state index is -0.214. The van der Waals surface area contributed by atoms with Crippen LogP contribution in [0.2, 0.25) is 0 Å². The third-order valence-electron chi connectivity index (χ3n) is 3.66. The average molecular weight is 203 g/mol. The number of carbonyl (C=O) groups is 1. The molecule has 0 radical (unpaired) electrons. The van der Waals surface area contributed by atoms with E-state index in [1.165, 1.54) is 0 Å². The summed E-state index contributed by atoms with van der Waals surface area (Å²) in [4.78, 5) is 11.4. The van der Waals surface area contributed by atoms with E-state index >= 15 is 0 Å². The van der Waals surface area contributed by atoms with Crippen molar-refractivity contribution < 1.29 is 4.79 Å². The van der Waals surface area contributed by atoms with E-state index in [-0.39, 0.29) is 10.7 Å². The molecule has 0 aromatic rings. The Bertz CT molecular complexity index is 190. The van der Waals surface area contributed by atoms with Crippen molar-refractivity contribution >= 4 is 16.8 Å². The van der Waals surface area contributed by atoms with E-state index < -0.39 is 0 Å². The standard InChI is InChI=1S/C11H19ClO/c1-8(2)11(10(12)13)6-4-9(3)5-7-11/h8-9H,4-7H2,1-3H3. The lowest BCUT2D eigenvalue weighted by Gasteiger charge is -2.39. The molecular weight excluding hydrogens is 184 g/mol. The maximum Gasteiger partial charge on any atom is 0.228 e. The summed E-state index contributed by atoms with van der Waals surface area (Å²) < 4.78 is 0.